The average Bonchev–Trinajstić information content (AvgIpc) is 3.00. The van der Waals surface area contributed by atoms with Crippen molar-refractivity contribution < 1.29 is 14.1 Å². The highest BCUT2D eigenvalue weighted by atomic mass is 16.5. The van der Waals surface area contributed by atoms with Gasteiger partial charge in [-0.1, -0.05) is 5.16 Å². The normalized spacial score (nSPS) is 10.4. The van der Waals surface area contributed by atoms with Crippen LogP contribution in [0.25, 0.3) is 0 Å². The molecule has 3 rings (SSSR count). The Hall–Kier alpha value is -3.42. The van der Waals surface area contributed by atoms with Gasteiger partial charge in [0.2, 0.25) is 5.95 Å². The van der Waals surface area contributed by atoms with Gasteiger partial charge in [0.25, 0.3) is 5.91 Å². The zero-order valence-electron chi connectivity index (χ0n) is 14.0. The maximum atomic E-state index is 12.4. The Morgan fingerprint density at radius 3 is 2.52 bits per heavy atom. The minimum absolute atomic E-state index is 0.242. The van der Waals surface area contributed by atoms with Crippen LogP contribution in [0.15, 0.2) is 40.9 Å². The monoisotopic (exact) mass is 339 g/mol. The first-order valence-electron chi connectivity index (χ1n) is 7.55. The van der Waals surface area contributed by atoms with E-state index in [4.69, 9.17) is 9.26 Å². The summed E-state index contributed by atoms with van der Waals surface area (Å²) >= 11 is 0. The van der Waals surface area contributed by atoms with Gasteiger partial charge in [0.1, 0.15) is 17.2 Å². The molecule has 2 aromatic heterocycles. The number of amides is 1. The van der Waals surface area contributed by atoms with E-state index in [2.05, 4.69) is 25.8 Å². The lowest BCUT2D eigenvalue weighted by Crippen LogP contribution is -2.15. The van der Waals surface area contributed by atoms with E-state index in [1.54, 1.807) is 57.4 Å². The van der Waals surface area contributed by atoms with Crippen LogP contribution in [0.5, 0.6) is 5.75 Å². The number of methoxy groups -OCH3 is 1. The predicted octanol–water partition coefficient (Wildman–Crippen LogP) is 3.09. The summed E-state index contributed by atoms with van der Waals surface area (Å²) in [6.45, 7) is 3.56. The fourth-order valence-electron chi connectivity index (χ4n) is 2.15. The zero-order valence-corrected chi connectivity index (χ0v) is 14.0. The van der Waals surface area contributed by atoms with Crippen molar-refractivity contribution in [3.8, 4) is 5.75 Å². The summed E-state index contributed by atoms with van der Waals surface area (Å²) in [6.07, 6.45) is 0. The van der Waals surface area contributed by atoms with Gasteiger partial charge >= 0.3 is 0 Å². The van der Waals surface area contributed by atoms with Gasteiger partial charge in [-0.2, -0.15) is 0 Å². The van der Waals surface area contributed by atoms with Crippen LogP contribution in [0.1, 0.15) is 21.9 Å². The molecule has 1 amide bonds. The van der Waals surface area contributed by atoms with Crippen molar-refractivity contribution in [2.45, 2.75) is 13.8 Å². The molecule has 0 aliphatic carbocycles. The molecule has 3 aromatic rings. The number of aryl methyl sites for hydroxylation is 2. The summed E-state index contributed by atoms with van der Waals surface area (Å²) in [6, 6.07) is 10.4. The molecule has 8 nitrogen and oxygen atoms in total. The van der Waals surface area contributed by atoms with Crippen LogP contribution >= 0.6 is 0 Å². The van der Waals surface area contributed by atoms with Gasteiger partial charge in [-0.25, -0.2) is 9.97 Å². The molecular formula is C17H17N5O3. The van der Waals surface area contributed by atoms with Crippen LogP contribution in [0.4, 0.5) is 17.5 Å². The Morgan fingerprint density at radius 2 is 1.88 bits per heavy atom. The van der Waals surface area contributed by atoms with E-state index < -0.39 is 0 Å². The first-order valence-corrected chi connectivity index (χ1v) is 7.55. The fraction of sp³-hybridized carbons (Fsp3) is 0.176. The minimum Gasteiger partial charge on any atom is -0.497 e. The molecule has 2 heterocycles. The van der Waals surface area contributed by atoms with Gasteiger partial charge in [-0.05, 0) is 44.2 Å². The summed E-state index contributed by atoms with van der Waals surface area (Å²) in [5.74, 6) is 1.78. The third-order valence-electron chi connectivity index (χ3n) is 3.30. The van der Waals surface area contributed by atoms with Gasteiger partial charge in [0.05, 0.1) is 7.11 Å². The maximum Gasteiger partial charge on any atom is 0.274 e. The summed E-state index contributed by atoms with van der Waals surface area (Å²) in [5, 5.41) is 9.52. The Balaban J connectivity index is 1.77. The van der Waals surface area contributed by atoms with Crippen molar-refractivity contribution in [3.05, 3.63) is 53.5 Å². The number of aromatic nitrogens is 3. The van der Waals surface area contributed by atoms with Crippen LogP contribution < -0.4 is 15.4 Å². The smallest absolute Gasteiger partial charge is 0.274 e. The molecule has 0 aliphatic heterocycles. The number of carbonyl (C=O) groups excluding carboxylic acids is 1. The topological polar surface area (TPSA) is 102 Å². The zero-order chi connectivity index (χ0) is 17.8. The molecule has 0 unspecified atom stereocenters. The van der Waals surface area contributed by atoms with Crippen molar-refractivity contribution in [2.75, 3.05) is 17.7 Å². The number of nitrogens with one attached hydrogen (secondary N) is 2. The van der Waals surface area contributed by atoms with Crippen molar-refractivity contribution >= 4 is 23.4 Å². The molecule has 25 heavy (non-hydrogen) atoms. The van der Waals surface area contributed by atoms with E-state index in [0.717, 1.165) is 0 Å². The lowest BCUT2D eigenvalue weighted by atomic mass is 10.2. The van der Waals surface area contributed by atoms with E-state index >= 15 is 0 Å². The Morgan fingerprint density at radius 1 is 1.12 bits per heavy atom. The SMILES string of the molecule is COc1ccc(NC(=O)c2cc(C)nc(Nc3cc(C)on3)n2)cc1. The number of nitrogens with zero attached hydrogens (tertiary/aromatic N) is 3. The van der Waals surface area contributed by atoms with E-state index in [0.29, 0.717) is 28.7 Å². The summed E-state index contributed by atoms with van der Waals surface area (Å²) in [5.41, 5.74) is 1.53. The number of hydrogen-bond acceptors (Lipinski definition) is 7. The van der Waals surface area contributed by atoms with Crippen LogP contribution in [-0.4, -0.2) is 28.1 Å². The second-order valence-corrected chi connectivity index (χ2v) is 5.35. The molecule has 0 bridgehead atoms. The highest BCUT2D eigenvalue weighted by molar-refractivity contribution is 6.03. The van der Waals surface area contributed by atoms with Crippen LogP contribution in [0, 0.1) is 13.8 Å². The fourth-order valence-corrected chi connectivity index (χ4v) is 2.15. The molecule has 128 valence electrons. The van der Waals surface area contributed by atoms with E-state index in [1.807, 2.05) is 0 Å². The van der Waals surface area contributed by atoms with Gasteiger partial charge < -0.3 is 19.9 Å². The van der Waals surface area contributed by atoms with Gasteiger partial charge in [0, 0.05) is 17.4 Å². The maximum absolute atomic E-state index is 12.4. The third kappa shape index (κ3) is 4.11. The molecule has 0 saturated carbocycles. The number of rotatable bonds is 5. The lowest BCUT2D eigenvalue weighted by molar-refractivity contribution is 0.102. The number of hydrogen-bond donors (Lipinski definition) is 2. The Labute approximate surface area is 144 Å². The molecule has 0 atom stereocenters. The number of anilines is 3. The molecular weight excluding hydrogens is 322 g/mol. The van der Waals surface area contributed by atoms with Crippen LogP contribution in [0.3, 0.4) is 0 Å². The Kier molecular flexibility index (Phi) is 4.60. The summed E-state index contributed by atoms with van der Waals surface area (Å²) in [4.78, 5) is 20.9. The number of carbonyl (C=O) groups is 1. The molecule has 0 fully saturated rings. The lowest BCUT2D eigenvalue weighted by Gasteiger charge is -2.08. The molecule has 8 heteroatoms. The second kappa shape index (κ2) is 7.00. The first-order chi connectivity index (χ1) is 12.0. The average molecular weight is 339 g/mol. The number of ether oxygens (including phenoxy) is 1. The molecule has 0 saturated heterocycles. The standard InChI is InChI=1S/C17H17N5O3/c1-10-8-14(16(23)19-12-4-6-13(24-3)7-5-12)20-17(18-10)21-15-9-11(2)25-22-15/h4-9H,1-3H3,(H,19,23)(H,18,20,21,22). The highest BCUT2D eigenvalue weighted by Gasteiger charge is 2.12. The van der Waals surface area contributed by atoms with Crippen LogP contribution in [-0.2, 0) is 0 Å². The predicted molar refractivity (Wildman–Crippen MR) is 92.2 cm³/mol. The van der Waals surface area contributed by atoms with Gasteiger partial charge in [-0.15, -0.1) is 0 Å². The summed E-state index contributed by atoms with van der Waals surface area (Å²) < 4.78 is 10.1. The minimum atomic E-state index is -0.338. The molecule has 1 aromatic carbocycles. The molecule has 0 spiro atoms. The molecule has 0 radical (unpaired) electrons. The molecule has 0 aliphatic rings. The van der Waals surface area contributed by atoms with Crippen molar-refractivity contribution in [1.82, 2.24) is 15.1 Å². The molecule has 2 N–H and O–H groups in total. The quantitative estimate of drug-likeness (QED) is 0.736. The summed E-state index contributed by atoms with van der Waals surface area (Å²) in [7, 11) is 1.59. The van der Waals surface area contributed by atoms with Crippen molar-refractivity contribution in [2.24, 2.45) is 0 Å². The van der Waals surface area contributed by atoms with E-state index in [9.17, 15) is 4.79 Å². The third-order valence-corrected chi connectivity index (χ3v) is 3.30. The van der Waals surface area contributed by atoms with E-state index in [-0.39, 0.29) is 17.5 Å². The highest BCUT2D eigenvalue weighted by Crippen LogP contribution is 2.17. The Bertz CT molecular complexity index is 890. The van der Waals surface area contributed by atoms with Gasteiger partial charge in [0.15, 0.2) is 5.82 Å². The largest absolute Gasteiger partial charge is 0.497 e. The van der Waals surface area contributed by atoms with E-state index in [1.165, 1.54) is 0 Å². The first kappa shape index (κ1) is 16.4. The van der Waals surface area contributed by atoms with Crippen molar-refractivity contribution in [1.29, 1.82) is 0 Å². The second-order valence-electron chi connectivity index (χ2n) is 5.35. The number of benzene rings is 1. The van der Waals surface area contributed by atoms with Crippen LogP contribution in [0.2, 0.25) is 0 Å². The van der Waals surface area contributed by atoms with Crippen molar-refractivity contribution in [3.63, 3.8) is 0 Å². The van der Waals surface area contributed by atoms with Gasteiger partial charge in [-0.3, -0.25) is 4.79 Å².